The molecule has 220 valence electrons. The van der Waals surface area contributed by atoms with Gasteiger partial charge in [0, 0.05) is 56.5 Å². The second-order valence-corrected chi connectivity index (χ2v) is 11.6. The number of alkyl halides is 3. The maximum Gasteiger partial charge on any atom is 0.407 e. The average Bonchev–Trinajstić information content (AvgIpc) is 3.35. The number of rotatable bonds is 1. The van der Waals surface area contributed by atoms with Crippen molar-refractivity contribution in [2.45, 2.75) is 69.2 Å². The van der Waals surface area contributed by atoms with Gasteiger partial charge in [0.05, 0.1) is 17.3 Å². The SMILES string of the molecule is Cc1ccc2c(c1)C(=O)N1CCCCC1c1cc3nc(C4CC(N)C4)cc(n3n1)N(C)CCNC(C(F)(F)F)CO2. The van der Waals surface area contributed by atoms with E-state index in [1.807, 2.05) is 31.0 Å². The lowest BCUT2D eigenvalue weighted by Crippen LogP contribution is -2.48. The molecule has 6 rings (SSSR count). The minimum absolute atomic E-state index is 0.0572. The summed E-state index contributed by atoms with van der Waals surface area (Å²) in [6.45, 7) is 2.07. The molecule has 3 N–H and O–H groups in total. The van der Waals surface area contributed by atoms with Gasteiger partial charge < -0.3 is 25.6 Å². The van der Waals surface area contributed by atoms with E-state index in [0.717, 1.165) is 54.9 Å². The molecule has 41 heavy (non-hydrogen) atoms. The van der Waals surface area contributed by atoms with E-state index < -0.39 is 18.8 Å². The Kier molecular flexibility index (Phi) is 7.31. The van der Waals surface area contributed by atoms with Crippen molar-refractivity contribution in [3.8, 4) is 5.75 Å². The minimum Gasteiger partial charge on any atom is -0.491 e. The summed E-state index contributed by atoms with van der Waals surface area (Å²) in [4.78, 5) is 22.6. The molecule has 2 aromatic heterocycles. The van der Waals surface area contributed by atoms with E-state index >= 15 is 0 Å². The molecule has 9 nitrogen and oxygen atoms in total. The first kappa shape index (κ1) is 27.8. The number of ether oxygens (including phenoxy) is 1. The van der Waals surface area contributed by atoms with Crippen LogP contribution in [0.1, 0.15) is 71.4 Å². The number of carbonyl (C=O) groups is 1. The summed E-state index contributed by atoms with van der Waals surface area (Å²) < 4.78 is 49.5. The van der Waals surface area contributed by atoms with Crippen molar-refractivity contribution in [1.29, 1.82) is 0 Å². The number of benzene rings is 1. The van der Waals surface area contributed by atoms with E-state index in [4.69, 9.17) is 20.6 Å². The van der Waals surface area contributed by atoms with Crippen molar-refractivity contribution in [2.75, 3.05) is 38.2 Å². The number of nitrogens with one attached hydrogen (secondary N) is 1. The summed E-state index contributed by atoms with van der Waals surface area (Å²) >= 11 is 0. The van der Waals surface area contributed by atoms with Gasteiger partial charge in [0.1, 0.15) is 24.2 Å². The highest BCUT2D eigenvalue weighted by Crippen LogP contribution is 2.38. The average molecular weight is 572 g/mol. The molecule has 2 unspecified atom stereocenters. The van der Waals surface area contributed by atoms with Gasteiger partial charge in [-0.2, -0.15) is 22.8 Å². The van der Waals surface area contributed by atoms with E-state index in [0.29, 0.717) is 18.7 Å². The van der Waals surface area contributed by atoms with E-state index in [-0.39, 0.29) is 41.8 Å². The number of nitrogens with two attached hydrogens (primary N) is 1. The first-order chi connectivity index (χ1) is 19.6. The molecule has 0 spiro atoms. The van der Waals surface area contributed by atoms with Gasteiger partial charge in [-0.1, -0.05) is 11.6 Å². The molecule has 3 aliphatic rings. The first-order valence-electron chi connectivity index (χ1n) is 14.3. The molecule has 1 amide bonds. The van der Waals surface area contributed by atoms with Crippen LogP contribution in [-0.2, 0) is 0 Å². The fourth-order valence-corrected chi connectivity index (χ4v) is 6.08. The van der Waals surface area contributed by atoms with Crippen LogP contribution in [0.5, 0.6) is 5.75 Å². The number of likely N-dealkylation sites (N-methyl/N-ethyl adjacent to an activating group) is 1. The largest absolute Gasteiger partial charge is 0.491 e. The van der Waals surface area contributed by atoms with Gasteiger partial charge in [0.15, 0.2) is 5.65 Å². The normalized spacial score (nSPS) is 26.0. The fourth-order valence-electron chi connectivity index (χ4n) is 6.08. The molecule has 2 bridgehead atoms. The third-order valence-corrected chi connectivity index (χ3v) is 8.54. The van der Waals surface area contributed by atoms with Crippen LogP contribution < -0.4 is 20.7 Å². The van der Waals surface area contributed by atoms with Crippen molar-refractivity contribution in [3.63, 3.8) is 0 Å². The lowest BCUT2D eigenvalue weighted by Gasteiger charge is -2.35. The first-order valence-corrected chi connectivity index (χ1v) is 14.3. The Morgan fingerprint density at radius 2 is 1.90 bits per heavy atom. The van der Waals surface area contributed by atoms with Crippen molar-refractivity contribution in [1.82, 2.24) is 24.8 Å². The molecule has 1 saturated carbocycles. The van der Waals surface area contributed by atoms with Crippen LogP contribution in [0.15, 0.2) is 30.3 Å². The second-order valence-electron chi connectivity index (χ2n) is 11.6. The van der Waals surface area contributed by atoms with Crippen LogP contribution in [-0.4, -0.2) is 77.0 Å². The summed E-state index contributed by atoms with van der Waals surface area (Å²) in [6, 6.07) is 6.88. The zero-order valence-corrected chi connectivity index (χ0v) is 23.3. The number of carbonyl (C=O) groups excluding carboxylic acids is 1. The molecule has 2 atom stereocenters. The van der Waals surface area contributed by atoms with Gasteiger partial charge >= 0.3 is 6.18 Å². The van der Waals surface area contributed by atoms with Gasteiger partial charge in [-0.25, -0.2) is 4.98 Å². The van der Waals surface area contributed by atoms with Crippen LogP contribution in [0.25, 0.3) is 5.65 Å². The predicted molar refractivity (Wildman–Crippen MR) is 148 cm³/mol. The minimum atomic E-state index is -4.53. The van der Waals surface area contributed by atoms with Gasteiger partial charge in [0.2, 0.25) is 0 Å². The van der Waals surface area contributed by atoms with Crippen molar-refractivity contribution in [3.05, 3.63) is 52.8 Å². The molecule has 2 aliphatic heterocycles. The number of nitrogens with zero attached hydrogens (tertiary/aromatic N) is 5. The highest BCUT2D eigenvalue weighted by Gasteiger charge is 2.40. The Balaban J connectivity index is 1.46. The Bertz CT molecular complexity index is 1440. The van der Waals surface area contributed by atoms with E-state index in [1.54, 1.807) is 27.6 Å². The third-order valence-electron chi connectivity index (χ3n) is 8.54. The molecule has 4 heterocycles. The molecule has 0 radical (unpaired) electrons. The van der Waals surface area contributed by atoms with Gasteiger partial charge in [-0.3, -0.25) is 4.79 Å². The number of aromatic nitrogens is 3. The van der Waals surface area contributed by atoms with Gasteiger partial charge in [-0.05, 0) is 51.2 Å². The van der Waals surface area contributed by atoms with Crippen LogP contribution in [0.3, 0.4) is 0 Å². The Morgan fingerprint density at radius 3 is 2.66 bits per heavy atom. The summed E-state index contributed by atoms with van der Waals surface area (Å²) in [6.07, 6.45) is -0.363. The number of aryl methyl sites for hydroxylation is 1. The van der Waals surface area contributed by atoms with Crippen LogP contribution in [0.4, 0.5) is 19.0 Å². The highest BCUT2D eigenvalue weighted by atomic mass is 19.4. The Hall–Kier alpha value is -3.38. The van der Waals surface area contributed by atoms with Crippen molar-refractivity contribution < 1.29 is 22.7 Å². The Labute approximate surface area is 236 Å². The summed E-state index contributed by atoms with van der Waals surface area (Å²) in [5.74, 6) is 0.836. The van der Waals surface area contributed by atoms with E-state index in [1.165, 1.54) is 0 Å². The number of anilines is 1. The molecule has 2 fully saturated rings. The number of hydrogen-bond acceptors (Lipinski definition) is 7. The van der Waals surface area contributed by atoms with Gasteiger partial charge in [-0.15, -0.1) is 0 Å². The van der Waals surface area contributed by atoms with Crippen LogP contribution >= 0.6 is 0 Å². The maximum absolute atomic E-state index is 14.0. The smallest absolute Gasteiger partial charge is 0.407 e. The second kappa shape index (κ2) is 10.8. The lowest BCUT2D eigenvalue weighted by atomic mass is 9.78. The number of halogens is 3. The fraction of sp³-hybridized carbons (Fsp3) is 0.552. The topological polar surface area (TPSA) is 101 Å². The third kappa shape index (κ3) is 5.46. The molecule has 3 aromatic rings. The van der Waals surface area contributed by atoms with Crippen LogP contribution in [0, 0.1) is 6.92 Å². The monoisotopic (exact) mass is 571 g/mol. The van der Waals surface area contributed by atoms with Crippen molar-refractivity contribution in [2.24, 2.45) is 5.73 Å². The predicted octanol–water partition coefficient (Wildman–Crippen LogP) is 3.96. The maximum atomic E-state index is 14.0. The van der Waals surface area contributed by atoms with Crippen molar-refractivity contribution >= 4 is 17.4 Å². The number of piperidine rings is 1. The lowest BCUT2D eigenvalue weighted by molar-refractivity contribution is -0.161. The van der Waals surface area contributed by atoms with E-state index in [2.05, 4.69) is 5.32 Å². The summed E-state index contributed by atoms with van der Waals surface area (Å²) in [5.41, 5.74) is 9.45. The molecule has 1 aliphatic carbocycles. The molecule has 12 heteroatoms. The quantitative estimate of drug-likeness (QED) is 0.456. The molecule has 1 saturated heterocycles. The zero-order valence-electron chi connectivity index (χ0n) is 23.3. The molecule has 1 aromatic carbocycles. The molecular formula is C29H36F3N7O2. The zero-order chi connectivity index (χ0) is 28.9. The Morgan fingerprint density at radius 1 is 1.10 bits per heavy atom. The summed E-state index contributed by atoms with van der Waals surface area (Å²) in [7, 11) is 1.84. The molecular weight excluding hydrogens is 535 g/mol. The van der Waals surface area contributed by atoms with Crippen LogP contribution in [0.2, 0.25) is 0 Å². The summed E-state index contributed by atoms with van der Waals surface area (Å²) in [5, 5.41) is 7.56. The highest BCUT2D eigenvalue weighted by molar-refractivity contribution is 5.97. The van der Waals surface area contributed by atoms with Gasteiger partial charge in [0.25, 0.3) is 5.91 Å². The number of amides is 1. The number of fused-ring (bicyclic) bond motifs is 4. The van der Waals surface area contributed by atoms with E-state index in [9.17, 15) is 18.0 Å². The standard InChI is InChI=1S/C29H36F3N7O2/c1-17-6-7-24-20(11-17)28(40)38-9-4-3-5-23(38)22-14-26-35-21(18-12-19(33)13-18)15-27(39(26)36-22)37(2)10-8-34-25(16-41-24)29(30,31)32/h6-7,11,14-15,18-19,23,25,34H,3-5,8-10,12-13,16,33H2,1-2H3. The number of hydrogen-bond donors (Lipinski definition) is 2.